The van der Waals surface area contributed by atoms with Gasteiger partial charge in [-0.3, -0.25) is 9.78 Å². The quantitative estimate of drug-likeness (QED) is 0.822. The van der Waals surface area contributed by atoms with Crippen LogP contribution in [-0.2, 0) is 6.54 Å². The lowest BCUT2D eigenvalue weighted by molar-refractivity contribution is 0.0954. The van der Waals surface area contributed by atoms with Crippen LogP contribution in [0.1, 0.15) is 41.2 Å². The maximum absolute atomic E-state index is 12.2. The molecule has 118 valence electrons. The molecule has 2 N–H and O–H groups in total. The second-order valence-electron chi connectivity index (χ2n) is 5.59. The Morgan fingerprint density at radius 1 is 1.41 bits per heavy atom. The van der Waals surface area contributed by atoms with Gasteiger partial charge in [0.25, 0.3) is 5.91 Å². The van der Waals surface area contributed by atoms with Crippen LogP contribution in [0.15, 0.2) is 24.5 Å². The van der Waals surface area contributed by atoms with Crippen molar-refractivity contribution in [2.75, 3.05) is 11.9 Å². The minimum absolute atomic E-state index is 0.0873. The fourth-order valence-corrected chi connectivity index (χ4v) is 2.82. The van der Waals surface area contributed by atoms with E-state index < -0.39 is 0 Å². The molecule has 0 atom stereocenters. The minimum atomic E-state index is -0.0873. The summed E-state index contributed by atoms with van der Waals surface area (Å²) in [5.41, 5.74) is 1.74. The summed E-state index contributed by atoms with van der Waals surface area (Å²) in [5, 5.41) is 7.00. The summed E-state index contributed by atoms with van der Waals surface area (Å²) in [6.07, 6.45) is 4.55. The molecule has 0 bridgehead atoms. The number of hydrogen-bond donors (Lipinski definition) is 2. The Kier molecular flexibility index (Phi) is 5.89. The molecule has 0 saturated carbocycles. The molecule has 0 aliphatic rings. The molecule has 5 nitrogen and oxygen atoms in total. The van der Waals surface area contributed by atoms with E-state index in [0.717, 1.165) is 29.4 Å². The fourth-order valence-electron chi connectivity index (χ4n) is 1.92. The highest BCUT2D eigenvalue weighted by Gasteiger charge is 2.15. The van der Waals surface area contributed by atoms with E-state index in [4.69, 9.17) is 0 Å². The Balaban J connectivity index is 1.91. The number of amides is 1. The molecule has 0 radical (unpaired) electrons. The first kappa shape index (κ1) is 16.4. The summed E-state index contributed by atoms with van der Waals surface area (Å²) in [7, 11) is 0. The molecule has 6 heteroatoms. The normalized spacial score (nSPS) is 10.7. The van der Waals surface area contributed by atoms with Crippen LogP contribution in [0.25, 0.3) is 0 Å². The number of nitrogens with one attached hydrogen (secondary N) is 2. The third-order valence-electron chi connectivity index (χ3n) is 3.18. The summed E-state index contributed by atoms with van der Waals surface area (Å²) in [6, 6.07) is 3.79. The molecule has 2 aromatic heterocycles. The van der Waals surface area contributed by atoms with Crippen molar-refractivity contribution in [1.29, 1.82) is 0 Å². The van der Waals surface area contributed by atoms with E-state index in [1.807, 2.05) is 19.1 Å². The Bertz CT molecular complexity index is 610. The van der Waals surface area contributed by atoms with Gasteiger partial charge in [-0.2, -0.15) is 0 Å². The van der Waals surface area contributed by atoms with Crippen LogP contribution < -0.4 is 10.6 Å². The molecule has 2 rings (SSSR count). The van der Waals surface area contributed by atoms with Gasteiger partial charge in [0.15, 0.2) is 5.13 Å². The van der Waals surface area contributed by atoms with Gasteiger partial charge in [-0.15, -0.1) is 0 Å². The molecule has 2 aromatic rings. The highest BCUT2D eigenvalue weighted by Crippen LogP contribution is 2.22. The standard InChI is InChI=1S/C16H22N4OS/c1-11(2)6-8-18-16-20-12(3)14(22-16)15(21)19-10-13-5-4-7-17-9-13/h4-5,7,9,11H,6,8,10H2,1-3H3,(H,18,20)(H,19,21). The van der Waals surface area contributed by atoms with Gasteiger partial charge >= 0.3 is 0 Å². The first-order chi connectivity index (χ1) is 10.6. The van der Waals surface area contributed by atoms with Crippen LogP contribution in [0.2, 0.25) is 0 Å². The van der Waals surface area contributed by atoms with Gasteiger partial charge in [0, 0.05) is 25.5 Å². The highest BCUT2D eigenvalue weighted by molar-refractivity contribution is 7.17. The van der Waals surface area contributed by atoms with Gasteiger partial charge in [0.05, 0.1) is 5.69 Å². The van der Waals surface area contributed by atoms with E-state index in [0.29, 0.717) is 17.3 Å². The molecule has 0 spiro atoms. The summed E-state index contributed by atoms with van der Waals surface area (Å²) < 4.78 is 0. The van der Waals surface area contributed by atoms with E-state index in [2.05, 4.69) is 34.4 Å². The van der Waals surface area contributed by atoms with E-state index in [1.165, 1.54) is 11.3 Å². The Morgan fingerprint density at radius 2 is 2.23 bits per heavy atom. The number of rotatable bonds is 7. The molecular formula is C16H22N4OS. The first-order valence-corrected chi connectivity index (χ1v) is 8.26. The number of aryl methyl sites for hydroxylation is 1. The van der Waals surface area contributed by atoms with Crippen molar-refractivity contribution in [2.45, 2.75) is 33.7 Å². The lowest BCUT2D eigenvalue weighted by Crippen LogP contribution is -2.22. The van der Waals surface area contributed by atoms with Crippen LogP contribution in [0.4, 0.5) is 5.13 Å². The molecule has 0 aliphatic heterocycles. The highest BCUT2D eigenvalue weighted by atomic mass is 32.1. The van der Waals surface area contributed by atoms with Crippen LogP contribution in [-0.4, -0.2) is 22.4 Å². The Morgan fingerprint density at radius 3 is 2.91 bits per heavy atom. The van der Waals surface area contributed by atoms with Gasteiger partial charge in [-0.1, -0.05) is 31.3 Å². The average Bonchev–Trinajstić information content (AvgIpc) is 2.86. The molecule has 0 saturated heterocycles. The number of aromatic nitrogens is 2. The summed E-state index contributed by atoms with van der Waals surface area (Å²) in [6.45, 7) is 7.59. The molecular weight excluding hydrogens is 296 g/mol. The molecule has 2 heterocycles. The molecule has 0 aliphatic carbocycles. The van der Waals surface area contributed by atoms with Gasteiger partial charge in [-0.25, -0.2) is 4.98 Å². The van der Waals surface area contributed by atoms with E-state index >= 15 is 0 Å². The number of carbonyl (C=O) groups is 1. The van der Waals surface area contributed by atoms with Gasteiger partial charge in [0.2, 0.25) is 0 Å². The molecule has 1 amide bonds. The fraction of sp³-hybridized carbons (Fsp3) is 0.438. The van der Waals surface area contributed by atoms with Crippen molar-refractivity contribution in [1.82, 2.24) is 15.3 Å². The van der Waals surface area contributed by atoms with Crippen molar-refractivity contribution >= 4 is 22.4 Å². The lowest BCUT2D eigenvalue weighted by atomic mass is 10.1. The lowest BCUT2D eigenvalue weighted by Gasteiger charge is -2.04. The second-order valence-corrected chi connectivity index (χ2v) is 6.59. The van der Waals surface area contributed by atoms with Crippen LogP contribution in [0, 0.1) is 12.8 Å². The molecule has 0 unspecified atom stereocenters. The van der Waals surface area contributed by atoms with Gasteiger partial charge in [0.1, 0.15) is 4.88 Å². The predicted octanol–water partition coefficient (Wildman–Crippen LogP) is 3.23. The van der Waals surface area contributed by atoms with Crippen molar-refractivity contribution < 1.29 is 4.79 Å². The molecule has 0 aromatic carbocycles. The smallest absolute Gasteiger partial charge is 0.263 e. The number of pyridine rings is 1. The molecule has 22 heavy (non-hydrogen) atoms. The average molecular weight is 318 g/mol. The van der Waals surface area contributed by atoms with E-state index in [-0.39, 0.29) is 5.91 Å². The number of anilines is 1. The van der Waals surface area contributed by atoms with Crippen molar-refractivity contribution in [2.24, 2.45) is 5.92 Å². The van der Waals surface area contributed by atoms with Crippen LogP contribution in [0.5, 0.6) is 0 Å². The first-order valence-electron chi connectivity index (χ1n) is 7.44. The van der Waals surface area contributed by atoms with Crippen molar-refractivity contribution in [3.05, 3.63) is 40.7 Å². The zero-order valence-corrected chi connectivity index (χ0v) is 14.0. The predicted molar refractivity (Wildman–Crippen MR) is 90.2 cm³/mol. The van der Waals surface area contributed by atoms with E-state index in [1.54, 1.807) is 12.4 Å². The third kappa shape index (κ3) is 4.80. The maximum atomic E-state index is 12.2. The van der Waals surface area contributed by atoms with Gasteiger partial charge in [-0.05, 0) is 30.9 Å². The Hall–Kier alpha value is -1.95. The largest absolute Gasteiger partial charge is 0.361 e. The van der Waals surface area contributed by atoms with Crippen LogP contribution >= 0.6 is 11.3 Å². The minimum Gasteiger partial charge on any atom is -0.361 e. The van der Waals surface area contributed by atoms with Crippen molar-refractivity contribution in [3.63, 3.8) is 0 Å². The maximum Gasteiger partial charge on any atom is 0.263 e. The molecule has 0 fully saturated rings. The van der Waals surface area contributed by atoms with Crippen molar-refractivity contribution in [3.8, 4) is 0 Å². The van der Waals surface area contributed by atoms with Gasteiger partial charge < -0.3 is 10.6 Å². The van der Waals surface area contributed by atoms with Crippen LogP contribution in [0.3, 0.4) is 0 Å². The third-order valence-corrected chi connectivity index (χ3v) is 4.29. The Labute approximate surface area is 135 Å². The topological polar surface area (TPSA) is 66.9 Å². The zero-order chi connectivity index (χ0) is 15.9. The second kappa shape index (κ2) is 7.89. The SMILES string of the molecule is Cc1nc(NCCC(C)C)sc1C(=O)NCc1cccnc1. The number of thiazole rings is 1. The monoisotopic (exact) mass is 318 g/mol. The summed E-state index contributed by atoms with van der Waals surface area (Å²) >= 11 is 1.40. The summed E-state index contributed by atoms with van der Waals surface area (Å²) in [5.74, 6) is 0.562. The van der Waals surface area contributed by atoms with E-state index in [9.17, 15) is 4.79 Å². The number of hydrogen-bond acceptors (Lipinski definition) is 5. The summed E-state index contributed by atoms with van der Waals surface area (Å²) in [4.78, 5) is 21.4. The zero-order valence-electron chi connectivity index (χ0n) is 13.2. The number of nitrogens with zero attached hydrogens (tertiary/aromatic N) is 2. The number of carbonyl (C=O) groups excluding carboxylic acids is 1.